The average molecular weight is 357 g/mol. The van der Waals surface area contributed by atoms with Crippen molar-refractivity contribution >= 4 is 40.4 Å². The van der Waals surface area contributed by atoms with E-state index in [1.807, 2.05) is 0 Å². The van der Waals surface area contributed by atoms with E-state index in [2.05, 4.69) is 21.9 Å². The van der Waals surface area contributed by atoms with Crippen molar-refractivity contribution in [2.24, 2.45) is 0 Å². The molecular weight excluding hydrogens is 342 g/mol. The van der Waals surface area contributed by atoms with E-state index in [0.29, 0.717) is 11.4 Å². The van der Waals surface area contributed by atoms with Gasteiger partial charge in [0.25, 0.3) is 0 Å². The third kappa shape index (κ3) is 4.24. The monoisotopic (exact) mass is 356 g/mol. The summed E-state index contributed by atoms with van der Waals surface area (Å²) in [6, 6.07) is 3.07. The van der Waals surface area contributed by atoms with Crippen molar-refractivity contribution < 1.29 is 9.13 Å². The maximum absolute atomic E-state index is 14.5. The Hall–Kier alpha value is -2.05. The quantitative estimate of drug-likeness (QED) is 0.617. The predicted molar refractivity (Wildman–Crippen MR) is 91.8 cm³/mol. The Balaban J connectivity index is 2.46. The molecule has 5 nitrogen and oxygen atoms in total. The molecule has 0 saturated carbocycles. The van der Waals surface area contributed by atoms with Crippen molar-refractivity contribution in [2.75, 3.05) is 30.9 Å². The Labute approximate surface area is 143 Å². The van der Waals surface area contributed by atoms with Gasteiger partial charge in [-0.25, -0.2) is 9.37 Å². The fourth-order valence-electron chi connectivity index (χ4n) is 1.76. The number of halogens is 3. The topological polar surface area (TPSA) is 50.3 Å². The van der Waals surface area contributed by atoms with E-state index in [1.54, 1.807) is 31.1 Å². The Morgan fingerprint density at radius 2 is 2.13 bits per heavy atom. The number of benzene rings is 1. The third-order valence-corrected chi connectivity index (χ3v) is 3.33. The molecule has 0 atom stereocenters. The van der Waals surface area contributed by atoms with Gasteiger partial charge in [0, 0.05) is 25.8 Å². The molecule has 0 bridgehead atoms. The number of hydrogen-bond acceptors (Lipinski definition) is 5. The zero-order chi connectivity index (χ0) is 17.0. The zero-order valence-electron chi connectivity index (χ0n) is 12.6. The van der Waals surface area contributed by atoms with Gasteiger partial charge >= 0.3 is 0 Å². The minimum absolute atomic E-state index is 0.00391. The summed E-state index contributed by atoms with van der Waals surface area (Å²) < 4.78 is 20.0. The van der Waals surface area contributed by atoms with E-state index in [1.165, 1.54) is 12.3 Å². The first-order valence-electron chi connectivity index (χ1n) is 6.62. The smallest absolute Gasteiger partial charge is 0.224 e. The Morgan fingerprint density at radius 1 is 1.39 bits per heavy atom. The summed E-state index contributed by atoms with van der Waals surface area (Å²) in [5, 5.41) is 3.01. The minimum atomic E-state index is -0.513. The van der Waals surface area contributed by atoms with E-state index in [0.717, 1.165) is 0 Å². The number of nitrogens with zero attached hydrogens (tertiary/aromatic N) is 3. The van der Waals surface area contributed by atoms with Crippen molar-refractivity contribution in [1.29, 1.82) is 0 Å². The highest BCUT2D eigenvalue weighted by Gasteiger charge is 2.16. The van der Waals surface area contributed by atoms with Crippen LogP contribution >= 0.6 is 23.2 Å². The second-order valence-electron chi connectivity index (χ2n) is 4.76. The molecule has 1 aromatic heterocycles. The highest BCUT2D eigenvalue weighted by Crippen LogP contribution is 2.36. The lowest BCUT2D eigenvalue weighted by Gasteiger charge is -2.18. The number of anilines is 3. The maximum atomic E-state index is 14.5. The van der Waals surface area contributed by atoms with Crippen LogP contribution in [-0.2, 0) is 0 Å². The highest BCUT2D eigenvalue weighted by atomic mass is 35.5. The lowest BCUT2D eigenvalue weighted by Crippen LogP contribution is -2.11. The molecule has 0 aliphatic rings. The normalized spacial score (nSPS) is 10.3. The molecule has 1 aromatic carbocycles. The van der Waals surface area contributed by atoms with Crippen molar-refractivity contribution in [2.45, 2.75) is 0 Å². The van der Waals surface area contributed by atoms with E-state index in [-0.39, 0.29) is 28.4 Å². The summed E-state index contributed by atoms with van der Waals surface area (Å²) >= 11 is 11.8. The van der Waals surface area contributed by atoms with Crippen LogP contribution in [0.25, 0.3) is 0 Å². The van der Waals surface area contributed by atoms with Crippen LogP contribution in [0.4, 0.5) is 21.6 Å². The van der Waals surface area contributed by atoms with Crippen LogP contribution in [0.2, 0.25) is 10.3 Å². The lowest BCUT2D eigenvalue weighted by molar-refractivity contribution is 0.363. The summed E-state index contributed by atoms with van der Waals surface area (Å²) in [6.45, 7) is 3.81. The maximum Gasteiger partial charge on any atom is 0.224 e. The second-order valence-corrected chi connectivity index (χ2v) is 5.50. The standard InChI is InChI=1S/C15H15Cl2FN4O/c1-4-5-23-12-7-9(22(2)3)6-11(18)13(12)20-14-10(16)8-19-15(17)21-14/h4,6-8H,1,5H2,2-3H3,(H,19,20,21). The van der Waals surface area contributed by atoms with Crippen LogP contribution in [0, 0.1) is 5.82 Å². The number of nitrogens with one attached hydrogen (secondary N) is 1. The van der Waals surface area contributed by atoms with Crippen LogP contribution < -0.4 is 15.0 Å². The van der Waals surface area contributed by atoms with Gasteiger partial charge in [-0.1, -0.05) is 24.3 Å². The Bertz CT molecular complexity index is 725. The number of ether oxygens (including phenoxy) is 1. The Kier molecular flexibility index (Phi) is 5.63. The molecule has 2 rings (SSSR count). The van der Waals surface area contributed by atoms with Crippen LogP contribution in [0.3, 0.4) is 0 Å². The molecule has 0 saturated heterocycles. The number of aromatic nitrogens is 2. The molecule has 0 amide bonds. The van der Waals surface area contributed by atoms with Gasteiger partial charge in [0.1, 0.15) is 23.1 Å². The first-order valence-corrected chi connectivity index (χ1v) is 7.37. The van der Waals surface area contributed by atoms with Crippen LogP contribution in [0.15, 0.2) is 31.0 Å². The molecule has 0 radical (unpaired) electrons. The average Bonchev–Trinajstić information content (AvgIpc) is 2.50. The Morgan fingerprint density at radius 3 is 2.78 bits per heavy atom. The summed E-state index contributed by atoms with van der Waals surface area (Å²) in [5.41, 5.74) is 0.757. The molecule has 0 aliphatic carbocycles. The molecule has 0 aliphatic heterocycles. The first-order chi connectivity index (χ1) is 10.9. The highest BCUT2D eigenvalue weighted by molar-refractivity contribution is 6.33. The minimum Gasteiger partial charge on any atom is -0.487 e. The molecule has 0 spiro atoms. The lowest BCUT2D eigenvalue weighted by atomic mass is 10.2. The number of rotatable bonds is 6. The van der Waals surface area contributed by atoms with E-state index in [9.17, 15) is 4.39 Å². The SMILES string of the molecule is C=CCOc1cc(N(C)C)cc(F)c1Nc1nc(Cl)ncc1Cl. The molecule has 1 N–H and O–H groups in total. The van der Waals surface area contributed by atoms with Crippen LogP contribution in [0.1, 0.15) is 0 Å². The fraction of sp³-hybridized carbons (Fsp3) is 0.200. The van der Waals surface area contributed by atoms with Crippen LogP contribution in [-0.4, -0.2) is 30.7 Å². The van der Waals surface area contributed by atoms with E-state index >= 15 is 0 Å². The van der Waals surface area contributed by atoms with Gasteiger partial charge in [0.05, 0.1) is 6.20 Å². The summed E-state index contributed by atoms with van der Waals surface area (Å²) in [6.07, 6.45) is 2.90. The molecule has 0 fully saturated rings. The first kappa shape index (κ1) is 17.3. The van der Waals surface area contributed by atoms with Gasteiger partial charge in [-0.3, -0.25) is 0 Å². The largest absolute Gasteiger partial charge is 0.487 e. The molecule has 1 heterocycles. The second kappa shape index (κ2) is 7.48. The van der Waals surface area contributed by atoms with Gasteiger partial charge in [0.15, 0.2) is 11.6 Å². The van der Waals surface area contributed by atoms with Crippen LogP contribution in [0.5, 0.6) is 5.75 Å². The molecule has 23 heavy (non-hydrogen) atoms. The van der Waals surface area contributed by atoms with Gasteiger partial charge in [-0.15, -0.1) is 0 Å². The predicted octanol–water partition coefficient (Wildman–Crippen LogP) is 4.30. The fourth-order valence-corrected chi connectivity index (χ4v) is 2.03. The zero-order valence-corrected chi connectivity index (χ0v) is 14.1. The molecule has 122 valence electrons. The van der Waals surface area contributed by atoms with E-state index in [4.69, 9.17) is 27.9 Å². The van der Waals surface area contributed by atoms with E-state index < -0.39 is 5.82 Å². The molecule has 8 heteroatoms. The summed E-state index contributed by atoms with van der Waals surface area (Å²) in [7, 11) is 3.61. The van der Waals surface area contributed by atoms with Gasteiger partial charge in [-0.05, 0) is 17.7 Å². The molecular formula is C15H15Cl2FN4O. The summed E-state index contributed by atoms with van der Waals surface area (Å²) in [4.78, 5) is 9.46. The van der Waals surface area contributed by atoms with Crippen molar-refractivity contribution in [1.82, 2.24) is 9.97 Å². The molecule has 2 aromatic rings. The van der Waals surface area contributed by atoms with Crippen molar-refractivity contribution in [3.8, 4) is 5.75 Å². The van der Waals surface area contributed by atoms with Crippen molar-refractivity contribution in [3.63, 3.8) is 0 Å². The van der Waals surface area contributed by atoms with Crippen molar-refractivity contribution in [3.05, 3.63) is 47.1 Å². The molecule has 0 unspecified atom stereocenters. The number of hydrogen-bond donors (Lipinski definition) is 1. The van der Waals surface area contributed by atoms with Gasteiger partial charge in [0.2, 0.25) is 5.28 Å². The van der Waals surface area contributed by atoms with Gasteiger partial charge < -0.3 is 15.0 Å². The van der Waals surface area contributed by atoms with Gasteiger partial charge in [-0.2, -0.15) is 4.98 Å². The summed E-state index contributed by atoms with van der Waals surface area (Å²) in [5.74, 6) is -0.0212. The third-order valence-electron chi connectivity index (χ3n) is 2.87.